The van der Waals surface area contributed by atoms with Crippen molar-refractivity contribution in [2.24, 2.45) is 0 Å². The molecule has 1 aliphatic heterocycles. The highest BCUT2D eigenvalue weighted by molar-refractivity contribution is 5.77. The summed E-state index contributed by atoms with van der Waals surface area (Å²) in [7, 11) is 1.70. The number of hydrogen-bond donors (Lipinski definition) is 1. The molecule has 1 saturated heterocycles. The van der Waals surface area contributed by atoms with Crippen LogP contribution in [0.4, 0.5) is 0 Å². The highest BCUT2D eigenvalue weighted by Gasteiger charge is 2.25. The van der Waals surface area contributed by atoms with Crippen molar-refractivity contribution in [1.82, 2.24) is 10.2 Å². The van der Waals surface area contributed by atoms with Crippen LogP contribution >= 0.6 is 0 Å². The quantitative estimate of drug-likeness (QED) is 0.518. The largest absolute Gasteiger partial charge is 0.358 e. The Labute approximate surface area is 80.5 Å². The molecule has 2 atom stereocenters. The Bertz CT molecular complexity index is 172. The molecule has 0 aliphatic carbocycles. The summed E-state index contributed by atoms with van der Waals surface area (Å²) in [4.78, 5) is 13.5. The molecular weight excluding hydrogens is 168 g/mol. The molecule has 1 fully saturated rings. The molecule has 1 heterocycles. The fourth-order valence-corrected chi connectivity index (χ4v) is 2.03. The van der Waals surface area contributed by atoms with Crippen molar-refractivity contribution in [3.63, 3.8) is 0 Å². The lowest BCUT2D eigenvalue weighted by Gasteiger charge is -2.38. The Hall–Kier alpha value is -0.570. The Morgan fingerprint density at radius 1 is 1.38 bits per heavy atom. The summed E-state index contributed by atoms with van der Waals surface area (Å²) in [6, 6.07) is 1.11. The highest BCUT2D eigenvalue weighted by atomic mass is 16.3. The first-order chi connectivity index (χ1) is 6.15. The van der Waals surface area contributed by atoms with E-state index in [4.69, 9.17) is 0 Å². The summed E-state index contributed by atoms with van der Waals surface area (Å²) < 4.78 is 0. The number of carbonyl (C=O) groups excluding carboxylic acids is 1. The van der Waals surface area contributed by atoms with E-state index in [0.717, 1.165) is 0 Å². The van der Waals surface area contributed by atoms with Gasteiger partial charge in [0.2, 0.25) is 5.91 Å². The van der Waals surface area contributed by atoms with E-state index in [1.807, 2.05) is 0 Å². The molecular formula is C10H20N2O. The summed E-state index contributed by atoms with van der Waals surface area (Å²) in [5, 5.41) is 2.67. The number of piperidine rings is 1. The number of nitrogens with one attached hydrogen (secondary N) is 1. The molecule has 0 aromatic heterocycles. The molecule has 13 heavy (non-hydrogen) atoms. The van der Waals surface area contributed by atoms with Crippen molar-refractivity contribution in [2.75, 3.05) is 13.6 Å². The fourth-order valence-electron chi connectivity index (χ4n) is 2.03. The Morgan fingerprint density at radius 2 is 1.92 bits per heavy atom. The number of likely N-dealkylation sites (tertiary alicyclic amines) is 1. The zero-order valence-corrected chi connectivity index (χ0v) is 8.84. The van der Waals surface area contributed by atoms with Crippen molar-refractivity contribution in [3.05, 3.63) is 0 Å². The van der Waals surface area contributed by atoms with Gasteiger partial charge < -0.3 is 5.32 Å². The minimum Gasteiger partial charge on any atom is -0.358 e. The summed E-state index contributed by atoms with van der Waals surface area (Å²) in [5.74, 6) is 0.126. The molecule has 1 amide bonds. The van der Waals surface area contributed by atoms with Gasteiger partial charge in [-0.3, -0.25) is 9.69 Å². The second kappa shape index (κ2) is 4.61. The molecule has 0 radical (unpaired) electrons. The molecule has 1 N–H and O–H groups in total. The minimum absolute atomic E-state index is 0.126. The van der Waals surface area contributed by atoms with Gasteiger partial charge in [0, 0.05) is 19.1 Å². The first-order valence-corrected chi connectivity index (χ1v) is 5.11. The van der Waals surface area contributed by atoms with Crippen LogP contribution in [0.1, 0.15) is 33.1 Å². The van der Waals surface area contributed by atoms with Crippen LogP contribution in [0.5, 0.6) is 0 Å². The van der Waals surface area contributed by atoms with Gasteiger partial charge in [0.15, 0.2) is 0 Å². The smallest absolute Gasteiger partial charge is 0.233 e. The van der Waals surface area contributed by atoms with Gasteiger partial charge in [0.05, 0.1) is 6.54 Å². The maximum absolute atomic E-state index is 11.2. The summed E-state index contributed by atoms with van der Waals surface area (Å²) in [5.41, 5.74) is 0. The maximum Gasteiger partial charge on any atom is 0.233 e. The third-order valence-corrected chi connectivity index (χ3v) is 2.98. The van der Waals surface area contributed by atoms with Gasteiger partial charge in [-0.05, 0) is 26.7 Å². The molecule has 76 valence electrons. The predicted octanol–water partition coefficient (Wildman–Crippen LogP) is 0.995. The maximum atomic E-state index is 11.2. The highest BCUT2D eigenvalue weighted by Crippen LogP contribution is 2.21. The van der Waals surface area contributed by atoms with Crippen LogP contribution in [0.3, 0.4) is 0 Å². The third-order valence-electron chi connectivity index (χ3n) is 2.98. The first kappa shape index (κ1) is 10.5. The van der Waals surface area contributed by atoms with Crippen LogP contribution in [0.15, 0.2) is 0 Å². The lowest BCUT2D eigenvalue weighted by atomic mass is 10.0. The molecule has 2 unspecified atom stereocenters. The van der Waals surface area contributed by atoms with Crippen molar-refractivity contribution >= 4 is 5.91 Å². The lowest BCUT2D eigenvalue weighted by molar-refractivity contribution is -0.123. The van der Waals surface area contributed by atoms with Gasteiger partial charge in [-0.15, -0.1) is 0 Å². The van der Waals surface area contributed by atoms with E-state index in [2.05, 4.69) is 24.1 Å². The van der Waals surface area contributed by atoms with Crippen LogP contribution in [0.2, 0.25) is 0 Å². The third kappa shape index (κ3) is 2.69. The molecule has 0 saturated carbocycles. The Balaban J connectivity index is 2.48. The van der Waals surface area contributed by atoms with Gasteiger partial charge in [0.25, 0.3) is 0 Å². The van der Waals surface area contributed by atoms with Crippen LogP contribution in [-0.4, -0.2) is 36.5 Å². The molecule has 3 heteroatoms. The van der Waals surface area contributed by atoms with E-state index >= 15 is 0 Å². The molecule has 1 rings (SSSR count). The van der Waals surface area contributed by atoms with Crippen molar-refractivity contribution in [1.29, 1.82) is 0 Å². The monoisotopic (exact) mass is 188 g/mol. The van der Waals surface area contributed by atoms with Crippen molar-refractivity contribution in [3.8, 4) is 0 Å². The van der Waals surface area contributed by atoms with Gasteiger partial charge >= 0.3 is 0 Å². The second-order valence-electron chi connectivity index (χ2n) is 3.97. The average Bonchev–Trinajstić information content (AvgIpc) is 2.11. The zero-order valence-electron chi connectivity index (χ0n) is 8.84. The molecule has 0 aromatic carbocycles. The SMILES string of the molecule is CC1CCCC(C)[15N]1C[13C](=O)[15NH][13CH3]. The van der Waals surface area contributed by atoms with E-state index in [1.165, 1.54) is 19.3 Å². The normalized spacial score (nSPS) is 30.1. The van der Waals surface area contributed by atoms with Gasteiger partial charge in [-0.25, -0.2) is 0 Å². The Morgan fingerprint density at radius 3 is 2.38 bits per heavy atom. The van der Waals surface area contributed by atoms with Gasteiger partial charge in [-0.1, -0.05) is 6.42 Å². The topological polar surface area (TPSA) is 32.3 Å². The van der Waals surface area contributed by atoms with E-state index < -0.39 is 0 Å². The number of hydrogen-bond acceptors (Lipinski definition) is 2. The molecule has 0 aromatic rings. The second-order valence-corrected chi connectivity index (χ2v) is 3.97. The first-order valence-electron chi connectivity index (χ1n) is 5.11. The number of rotatable bonds is 2. The average molecular weight is 188 g/mol. The molecule has 0 spiro atoms. The molecule has 3 nitrogen and oxygen atoms in total. The molecule has 0 bridgehead atoms. The van der Waals surface area contributed by atoms with E-state index in [-0.39, 0.29) is 5.91 Å². The summed E-state index contributed by atoms with van der Waals surface area (Å²) in [6.45, 7) is 4.97. The summed E-state index contributed by atoms with van der Waals surface area (Å²) in [6.07, 6.45) is 3.75. The van der Waals surface area contributed by atoms with Gasteiger partial charge in [0.1, 0.15) is 0 Å². The van der Waals surface area contributed by atoms with Crippen LogP contribution < -0.4 is 5.32 Å². The van der Waals surface area contributed by atoms with E-state index in [0.29, 0.717) is 18.6 Å². The standard InChI is InChI=1S/C10H20N2O/c1-8-5-4-6-9(2)12(8)7-10(13)11-3/h8-9H,4-7H2,1-3H3,(H,11,13)/i3+1,10+1,11+1,12+1. The van der Waals surface area contributed by atoms with Crippen molar-refractivity contribution in [2.45, 2.75) is 45.2 Å². The van der Waals surface area contributed by atoms with Crippen LogP contribution in [0, 0.1) is 0 Å². The van der Waals surface area contributed by atoms with E-state index in [9.17, 15) is 4.79 Å². The fraction of sp³-hybridized carbons (Fsp3) is 0.900. The van der Waals surface area contributed by atoms with Crippen molar-refractivity contribution < 1.29 is 4.79 Å². The molecule has 1 aliphatic rings. The Kier molecular flexibility index (Phi) is 3.72. The zero-order chi connectivity index (χ0) is 9.84. The number of carbonyl (C=O) groups is 1. The predicted molar refractivity (Wildman–Crippen MR) is 53.5 cm³/mol. The lowest BCUT2D eigenvalue weighted by Crippen LogP contribution is -2.48. The van der Waals surface area contributed by atoms with Crippen LogP contribution in [-0.2, 0) is 4.79 Å². The number of amides is 1. The van der Waals surface area contributed by atoms with Crippen LogP contribution in [0.25, 0.3) is 0 Å². The number of likely N-dealkylation sites (N-methyl/N-ethyl adjacent to an activating group) is 1. The minimum atomic E-state index is 0.126. The number of nitrogens with zero attached hydrogens (tertiary/aromatic N) is 1. The van der Waals surface area contributed by atoms with Gasteiger partial charge in [-0.2, -0.15) is 0 Å². The van der Waals surface area contributed by atoms with E-state index in [1.54, 1.807) is 7.05 Å². The summed E-state index contributed by atoms with van der Waals surface area (Å²) >= 11 is 0.